The van der Waals surface area contributed by atoms with Crippen LogP contribution in [0.3, 0.4) is 0 Å². The molecule has 9 heteroatoms. The molecule has 2 amide bonds. The van der Waals surface area contributed by atoms with Crippen LogP contribution in [-0.4, -0.2) is 43.0 Å². The van der Waals surface area contributed by atoms with Crippen LogP contribution in [-0.2, 0) is 14.3 Å². The molecule has 5 N–H and O–H groups in total. The minimum absolute atomic E-state index is 0.0857. The Labute approximate surface area is 234 Å². The third-order valence-corrected chi connectivity index (χ3v) is 5.93. The molecular formula is C31H37N3O6. The number of aliphatic hydroxyl groups excluding tert-OH is 1. The lowest BCUT2D eigenvalue weighted by atomic mass is 9.99. The van der Waals surface area contributed by atoms with Gasteiger partial charge in [0.1, 0.15) is 12.4 Å². The Hall–Kier alpha value is -4.34. The number of para-hydroxylation sites is 3. The molecule has 40 heavy (non-hydrogen) atoms. The summed E-state index contributed by atoms with van der Waals surface area (Å²) in [5.74, 6) is 0.170. The van der Waals surface area contributed by atoms with Crippen LogP contribution in [0.2, 0.25) is 0 Å². The van der Waals surface area contributed by atoms with Gasteiger partial charge in [-0.05, 0) is 63.1 Å². The zero-order chi connectivity index (χ0) is 28.7. The van der Waals surface area contributed by atoms with Crippen molar-refractivity contribution in [3.8, 4) is 5.75 Å². The molecule has 3 rings (SSSR count). The third-order valence-electron chi connectivity index (χ3n) is 5.93. The number of ether oxygens (including phenoxy) is 3. The highest BCUT2D eigenvalue weighted by Crippen LogP contribution is 2.34. The fourth-order valence-electron chi connectivity index (χ4n) is 4.01. The minimum Gasteiger partial charge on any atom is -0.491 e. The van der Waals surface area contributed by atoms with Gasteiger partial charge in [-0.15, -0.1) is 0 Å². The van der Waals surface area contributed by atoms with E-state index >= 15 is 0 Å². The van der Waals surface area contributed by atoms with Crippen molar-refractivity contribution in [1.82, 2.24) is 0 Å². The lowest BCUT2D eigenvalue weighted by Gasteiger charge is -2.28. The maximum absolute atomic E-state index is 13.0. The van der Waals surface area contributed by atoms with Gasteiger partial charge in [0.2, 0.25) is 5.91 Å². The number of aliphatic hydroxyl groups is 1. The van der Waals surface area contributed by atoms with Crippen molar-refractivity contribution in [3.63, 3.8) is 0 Å². The van der Waals surface area contributed by atoms with E-state index in [1.165, 1.54) is 6.08 Å². The normalized spacial score (nSPS) is 12.5. The predicted molar refractivity (Wildman–Crippen MR) is 156 cm³/mol. The van der Waals surface area contributed by atoms with Crippen LogP contribution in [0.15, 0.2) is 84.9 Å². The van der Waals surface area contributed by atoms with Crippen molar-refractivity contribution in [2.75, 3.05) is 36.2 Å². The molecular weight excluding hydrogens is 510 g/mol. The van der Waals surface area contributed by atoms with Crippen molar-refractivity contribution in [1.29, 1.82) is 0 Å². The SMILES string of the molecule is CCO[C@@H](CC/C=C/C(=O)Nc1ccccc1N)[C@@H](OC(=O)Nc1ccc(C)cc1)c1ccccc1OCCO. The molecule has 0 unspecified atom stereocenters. The number of nitrogens with two attached hydrogens (primary N) is 1. The van der Waals surface area contributed by atoms with Gasteiger partial charge in [0, 0.05) is 17.9 Å². The topological polar surface area (TPSA) is 132 Å². The Morgan fingerprint density at radius 1 is 1.00 bits per heavy atom. The first-order valence-electron chi connectivity index (χ1n) is 13.2. The summed E-state index contributed by atoms with van der Waals surface area (Å²) in [6, 6.07) is 21.6. The molecule has 0 spiro atoms. The van der Waals surface area contributed by atoms with Gasteiger partial charge < -0.3 is 30.4 Å². The van der Waals surface area contributed by atoms with E-state index in [2.05, 4.69) is 10.6 Å². The van der Waals surface area contributed by atoms with Crippen LogP contribution in [0, 0.1) is 6.92 Å². The molecule has 0 heterocycles. The van der Waals surface area contributed by atoms with Gasteiger partial charge in [-0.25, -0.2) is 4.79 Å². The zero-order valence-electron chi connectivity index (χ0n) is 22.8. The maximum Gasteiger partial charge on any atom is 0.412 e. The van der Waals surface area contributed by atoms with E-state index in [4.69, 9.17) is 19.9 Å². The molecule has 0 aliphatic rings. The molecule has 0 saturated carbocycles. The Kier molecular flexibility index (Phi) is 12.0. The number of nitrogens with one attached hydrogen (secondary N) is 2. The van der Waals surface area contributed by atoms with Gasteiger partial charge in [0.25, 0.3) is 0 Å². The van der Waals surface area contributed by atoms with Gasteiger partial charge in [-0.1, -0.05) is 54.1 Å². The number of carbonyl (C=O) groups excluding carboxylic acids is 2. The van der Waals surface area contributed by atoms with Crippen LogP contribution < -0.4 is 21.1 Å². The number of carbonyl (C=O) groups is 2. The second-order valence-electron chi connectivity index (χ2n) is 8.98. The first kappa shape index (κ1) is 30.2. The molecule has 3 aromatic rings. The quantitative estimate of drug-likeness (QED) is 0.152. The molecule has 0 fully saturated rings. The molecule has 3 aromatic carbocycles. The minimum atomic E-state index is -0.827. The highest BCUT2D eigenvalue weighted by atomic mass is 16.6. The van der Waals surface area contributed by atoms with Crippen LogP contribution >= 0.6 is 0 Å². The molecule has 9 nitrogen and oxygen atoms in total. The lowest BCUT2D eigenvalue weighted by Crippen LogP contribution is -2.29. The Morgan fingerprint density at radius 2 is 1.73 bits per heavy atom. The van der Waals surface area contributed by atoms with Crippen LogP contribution in [0.1, 0.15) is 37.0 Å². The van der Waals surface area contributed by atoms with Crippen LogP contribution in [0.5, 0.6) is 5.75 Å². The average Bonchev–Trinajstić information content (AvgIpc) is 2.95. The number of aryl methyl sites for hydroxylation is 1. The smallest absolute Gasteiger partial charge is 0.412 e. The van der Waals surface area contributed by atoms with E-state index in [-0.39, 0.29) is 19.1 Å². The van der Waals surface area contributed by atoms with Gasteiger partial charge in [0.05, 0.1) is 24.1 Å². The van der Waals surface area contributed by atoms with E-state index in [0.29, 0.717) is 47.8 Å². The number of hydrogen-bond acceptors (Lipinski definition) is 7. The predicted octanol–water partition coefficient (Wildman–Crippen LogP) is 5.62. The van der Waals surface area contributed by atoms with Gasteiger partial charge in [-0.3, -0.25) is 10.1 Å². The van der Waals surface area contributed by atoms with Crippen molar-refractivity contribution in [2.45, 2.75) is 38.9 Å². The summed E-state index contributed by atoms with van der Waals surface area (Å²) in [6.07, 6.45) is 2.07. The summed E-state index contributed by atoms with van der Waals surface area (Å²) < 4.78 is 17.7. The van der Waals surface area contributed by atoms with Gasteiger partial charge >= 0.3 is 6.09 Å². The summed E-state index contributed by atoms with van der Waals surface area (Å²) in [5, 5.41) is 14.8. The highest BCUT2D eigenvalue weighted by Gasteiger charge is 2.30. The standard InChI is InChI=1S/C31H37N3O6/c1-3-38-28(14-8-9-15-29(36)34-26-12-6-5-11-25(26)32)30(24-10-4-7-13-27(24)39-21-20-35)40-31(37)33-23-18-16-22(2)17-19-23/h4-7,9-13,15-19,28,30,35H,3,8,14,20-21,32H2,1-2H3,(H,33,37)(H,34,36)/b15-9+/t28-,30-/m0/s1. The number of anilines is 3. The fourth-order valence-corrected chi connectivity index (χ4v) is 4.01. The molecule has 0 aromatic heterocycles. The number of rotatable bonds is 14. The largest absolute Gasteiger partial charge is 0.491 e. The fraction of sp³-hybridized carbons (Fsp3) is 0.290. The molecule has 0 saturated heterocycles. The first-order chi connectivity index (χ1) is 19.4. The van der Waals surface area contributed by atoms with Gasteiger partial charge in [-0.2, -0.15) is 0 Å². The van der Waals surface area contributed by atoms with E-state index in [0.717, 1.165) is 5.56 Å². The summed E-state index contributed by atoms with van der Waals surface area (Å²) in [5.41, 5.74) is 9.18. The Morgan fingerprint density at radius 3 is 2.45 bits per heavy atom. The molecule has 2 atom stereocenters. The van der Waals surface area contributed by atoms with Crippen molar-refractivity contribution in [2.24, 2.45) is 0 Å². The summed E-state index contributed by atoms with van der Waals surface area (Å²) in [6.45, 7) is 4.12. The van der Waals surface area contributed by atoms with Crippen molar-refractivity contribution < 1.29 is 28.9 Å². The number of allylic oxidation sites excluding steroid dienone is 1. The third kappa shape index (κ3) is 9.44. The van der Waals surface area contributed by atoms with Crippen molar-refractivity contribution >= 4 is 29.1 Å². The monoisotopic (exact) mass is 547 g/mol. The average molecular weight is 548 g/mol. The summed E-state index contributed by atoms with van der Waals surface area (Å²) in [7, 11) is 0. The number of nitrogen functional groups attached to an aromatic ring is 1. The Bertz CT molecular complexity index is 1260. The van der Waals surface area contributed by atoms with E-state index in [1.54, 1.807) is 60.7 Å². The first-order valence-corrected chi connectivity index (χ1v) is 13.2. The molecule has 0 radical (unpaired) electrons. The van der Waals surface area contributed by atoms with Crippen LogP contribution in [0.25, 0.3) is 0 Å². The molecule has 212 valence electrons. The number of benzene rings is 3. The molecule has 0 aliphatic heterocycles. The van der Waals surface area contributed by atoms with Crippen molar-refractivity contribution in [3.05, 3.63) is 96.1 Å². The maximum atomic E-state index is 13.0. The van der Waals surface area contributed by atoms with E-state index < -0.39 is 18.3 Å². The Balaban J connectivity index is 1.76. The second-order valence-corrected chi connectivity index (χ2v) is 8.98. The molecule has 0 aliphatic carbocycles. The second kappa shape index (κ2) is 15.9. The summed E-state index contributed by atoms with van der Waals surface area (Å²) >= 11 is 0. The number of hydrogen-bond donors (Lipinski definition) is 4. The lowest BCUT2D eigenvalue weighted by molar-refractivity contribution is -0.111. The van der Waals surface area contributed by atoms with E-state index in [9.17, 15) is 14.7 Å². The van der Waals surface area contributed by atoms with E-state index in [1.807, 2.05) is 32.0 Å². The molecule has 0 bridgehead atoms. The van der Waals surface area contributed by atoms with Gasteiger partial charge in [0.15, 0.2) is 6.10 Å². The zero-order valence-corrected chi connectivity index (χ0v) is 22.8. The number of amides is 2. The van der Waals surface area contributed by atoms with Crippen LogP contribution in [0.4, 0.5) is 21.9 Å². The summed E-state index contributed by atoms with van der Waals surface area (Å²) in [4.78, 5) is 25.4. The highest BCUT2D eigenvalue weighted by molar-refractivity contribution is 6.01.